The zero-order chi connectivity index (χ0) is 25.1. The number of hydrogen-bond acceptors (Lipinski definition) is 6. The number of carbonyl (C=O) groups excluding carboxylic acids is 1. The fraction of sp³-hybridized carbons (Fsp3) is 0.160. The van der Waals surface area contributed by atoms with Gasteiger partial charge in [-0.15, -0.1) is 0 Å². The summed E-state index contributed by atoms with van der Waals surface area (Å²) < 4.78 is 76.0. The van der Waals surface area contributed by atoms with E-state index in [1.54, 1.807) is 0 Å². The van der Waals surface area contributed by atoms with Gasteiger partial charge in [-0.25, -0.2) is 4.79 Å². The van der Waals surface area contributed by atoms with Crippen LogP contribution in [0.25, 0.3) is 0 Å². The van der Waals surface area contributed by atoms with E-state index in [2.05, 4.69) is 4.18 Å². The second-order valence-corrected chi connectivity index (χ2v) is 9.09. The molecule has 0 saturated heterocycles. The van der Waals surface area contributed by atoms with Gasteiger partial charge in [0.25, 0.3) is 0 Å². The Morgan fingerprint density at radius 1 is 0.771 bits per heavy atom. The van der Waals surface area contributed by atoms with E-state index in [0.717, 1.165) is 22.8 Å². The van der Waals surface area contributed by atoms with Gasteiger partial charge in [-0.1, -0.05) is 91.0 Å². The molecule has 35 heavy (non-hydrogen) atoms. The molecule has 0 saturated carbocycles. The largest absolute Gasteiger partial charge is 0.534 e. The first-order valence-corrected chi connectivity index (χ1v) is 11.8. The molecule has 1 heterocycles. The summed E-state index contributed by atoms with van der Waals surface area (Å²) in [7, 11) is -6.02. The first kappa shape index (κ1) is 24.5. The van der Waals surface area contributed by atoms with E-state index in [-0.39, 0.29) is 6.61 Å². The lowest BCUT2D eigenvalue weighted by Gasteiger charge is -2.36. The predicted molar refractivity (Wildman–Crippen MR) is 119 cm³/mol. The van der Waals surface area contributed by atoms with E-state index in [1.165, 1.54) is 0 Å². The SMILES string of the molecule is O=C1OC(COC(c2ccccc2)(c2ccccc2)c2ccccc2)C=C1OS(=O)(=O)C(F)(F)F. The minimum Gasteiger partial charge on any atom is -0.450 e. The molecule has 3 aromatic rings. The highest BCUT2D eigenvalue weighted by Crippen LogP contribution is 2.41. The lowest BCUT2D eigenvalue weighted by Crippen LogP contribution is -2.35. The predicted octanol–water partition coefficient (Wildman–Crippen LogP) is 4.67. The van der Waals surface area contributed by atoms with E-state index < -0.39 is 39.1 Å². The highest BCUT2D eigenvalue weighted by molar-refractivity contribution is 7.87. The van der Waals surface area contributed by atoms with Crippen molar-refractivity contribution in [3.8, 4) is 0 Å². The first-order chi connectivity index (χ1) is 16.6. The number of alkyl halides is 3. The van der Waals surface area contributed by atoms with Gasteiger partial charge in [-0.3, -0.25) is 0 Å². The Bertz CT molecular complexity index is 1210. The molecular weight excluding hydrogens is 485 g/mol. The van der Waals surface area contributed by atoms with Gasteiger partial charge in [-0.2, -0.15) is 21.6 Å². The number of halogens is 3. The van der Waals surface area contributed by atoms with Crippen LogP contribution in [-0.4, -0.2) is 32.6 Å². The van der Waals surface area contributed by atoms with Crippen LogP contribution in [0.15, 0.2) is 103 Å². The van der Waals surface area contributed by atoms with Gasteiger partial charge >= 0.3 is 21.6 Å². The smallest absolute Gasteiger partial charge is 0.450 e. The topological polar surface area (TPSA) is 78.9 Å². The third kappa shape index (κ3) is 4.94. The Labute approximate surface area is 199 Å². The van der Waals surface area contributed by atoms with Gasteiger partial charge in [0.05, 0.1) is 6.61 Å². The molecule has 0 fully saturated rings. The molecule has 10 heteroatoms. The van der Waals surface area contributed by atoms with Crippen molar-refractivity contribution in [3.05, 3.63) is 120 Å². The fourth-order valence-electron chi connectivity index (χ4n) is 3.75. The molecule has 0 N–H and O–H groups in total. The number of rotatable bonds is 8. The van der Waals surface area contributed by atoms with Crippen molar-refractivity contribution in [1.29, 1.82) is 0 Å². The van der Waals surface area contributed by atoms with Crippen LogP contribution in [0.4, 0.5) is 13.2 Å². The van der Waals surface area contributed by atoms with E-state index in [9.17, 15) is 26.4 Å². The van der Waals surface area contributed by atoms with Gasteiger partial charge in [0.2, 0.25) is 5.76 Å². The zero-order valence-electron chi connectivity index (χ0n) is 18.0. The number of cyclic esters (lactones) is 1. The number of carbonyl (C=O) groups is 1. The van der Waals surface area contributed by atoms with Crippen molar-refractivity contribution in [1.82, 2.24) is 0 Å². The van der Waals surface area contributed by atoms with Crippen molar-refractivity contribution in [2.75, 3.05) is 6.61 Å². The van der Waals surface area contributed by atoms with Crippen molar-refractivity contribution >= 4 is 16.1 Å². The summed E-state index contributed by atoms with van der Waals surface area (Å²) in [6, 6.07) is 27.7. The summed E-state index contributed by atoms with van der Waals surface area (Å²) in [5, 5.41) is 0. The van der Waals surface area contributed by atoms with Gasteiger partial charge in [-0.05, 0) is 16.7 Å². The summed E-state index contributed by atoms with van der Waals surface area (Å²) in [4.78, 5) is 12.0. The molecule has 0 radical (unpaired) electrons. The number of ether oxygens (including phenoxy) is 2. The molecule has 4 rings (SSSR count). The first-order valence-electron chi connectivity index (χ1n) is 10.4. The average molecular weight is 504 g/mol. The van der Waals surface area contributed by atoms with E-state index in [4.69, 9.17) is 9.47 Å². The molecule has 1 atom stereocenters. The van der Waals surface area contributed by atoms with Crippen LogP contribution in [0.5, 0.6) is 0 Å². The molecule has 0 bridgehead atoms. The summed E-state index contributed by atoms with van der Waals surface area (Å²) in [5.41, 5.74) is -4.61. The van der Waals surface area contributed by atoms with E-state index in [1.807, 2.05) is 91.0 Å². The Hall–Kier alpha value is -3.63. The molecule has 1 unspecified atom stereocenters. The molecule has 182 valence electrons. The van der Waals surface area contributed by atoms with Crippen molar-refractivity contribution in [2.24, 2.45) is 0 Å². The van der Waals surface area contributed by atoms with Crippen LogP contribution in [0.3, 0.4) is 0 Å². The van der Waals surface area contributed by atoms with E-state index >= 15 is 0 Å². The maximum absolute atomic E-state index is 12.7. The highest BCUT2D eigenvalue weighted by Gasteiger charge is 2.50. The minimum atomic E-state index is -6.02. The van der Waals surface area contributed by atoms with Crippen LogP contribution in [0.1, 0.15) is 16.7 Å². The normalized spacial score (nSPS) is 16.5. The Morgan fingerprint density at radius 3 is 1.60 bits per heavy atom. The monoisotopic (exact) mass is 504 g/mol. The molecule has 6 nitrogen and oxygen atoms in total. The minimum absolute atomic E-state index is 0.302. The summed E-state index contributed by atoms with van der Waals surface area (Å²) in [6.45, 7) is -0.302. The van der Waals surface area contributed by atoms with Gasteiger partial charge in [0, 0.05) is 6.08 Å². The Morgan fingerprint density at radius 2 is 1.20 bits per heavy atom. The third-order valence-corrected chi connectivity index (χ3v) is 6.25. The molecular formula is C25H19F3O6S. The maximum atomic E-state index is 12.7. The molecule has 0 aliphatic carbocycles. The Balaban J connectivity index is 1.71. The lowest BCUT2D eigenvalue weighted by atomic mass is 9.80. The molecule has 0 amide bonds. The third-order valence-electron chi connectivity index (χ3n) is 5.28. The summed E-state index contributed by atoms with van der Waals surface area (Å²) in [5.74, 6) is -2.41. The second-order valence-electron chi connectivity index (χ2n) is 7.55. The van der Waals surface area contributed by atoms with E-state index in [0.29, 0.717) is 0 Å². The molecule has 0 aromatic heterocycles. The highest BCUT2D eigenvalue weighted by atomic mass is 32.2. The lowest BCUT2D eigenvalue weighted by molar-refractivity contribution is -0.145. The van der Waals surface area contributed by atoms with Crippen LogP contribution >= 0.6 is 0 Å². The average Bonchev–Trinajstić information content (AvgIpc) is 3.19. The van der Waals surface area contributed by atoms with Crippen molar-refractivity contribution in [3.63, 3.8) is 0 Å². The fourth-order valence-corrected chi connectivity index (χ4v) is 4.21. The molecule has 0 spiro atoms. The zero-order valence-corrected chi connectivity index (χ0v) is 18.8. The molecule has 3 aromatic carbocycles. The standard InChI is InChI=1S/C25H19F3O6S/c26-25(27,28)35(30,31)34-22-16-21(33-23(22)29)17-32-24(18-10-4-1-5-11-18,19-12-6-2-7-13-19)20-14-8-3-9-15-20/h1-16,21H,17H2. The van der Waals surface area contributed by atoms with Crippen LogP contribution in [0, 0.1) is 0 Å². The molecule has 1 aliphatic rings. The van der Waals surface area contributed by atoms with Crippen LogP contribution < -0.4 is 0 Å². The second kappa shape index (κ2) is 9.55. The maximum Gasteiger partial charge on any atom is 0.534 e. The van der Waals surface area contributed by atoms with Gasteiger partial charge < -0.3 is 13.7 Å². The Kier molecular flexibility index (Phi) is 6.68. The summed E-state index contributed by atoms with van der Waals surface area (Å²) >= 11 is 0. The number of benzene rings is 3. The van der Waals surface area contributed by atoms with Gasteiger partial charge in [0.1, 0.15) is 11.7 Å². The number of hydrogen-bond donors (Lipinski definition) is 0. The molecule has 1 aliphatic heterocycles. The summed E-state index contributed by atoms with van der Waals surface area (Å²) in [6.07, 6.45) is -0.325. The van der Waals surface area contributed by atoms with Crippen molar-refractivity contribution in [2.45, 2.75) is 17.2 Å². The van der Waals surface area contributed by atoms with Crippen LogP contribution in [-0.2, 0) is 34.2 Å². The van der Waals surface area contributed by atoms with Gasteiger partial charge in [0.15, 0.2) is 0 Å². The quantitative estimate of drug-likeness (QED) is 0.192. The van der Waals surface area contributed by atoms with Crippen molar-refractivity contribution < 1.29 is 40.0 Å². The number of esters is 1. The van der Waals surface area contributed by atoms with Crippen LogP contribution in [0.2, 0.25) is 0 Å².